The van der Waals surface area contributed by atoms with Gasteiger partial charge in [-0.3, -0.25) is 0 Å². The van der Waals surface area contributed by atoms with Gasteiger partial charge >= 0.3 is 0 Å². The summed E-state index contributed by atoms with van der Waals surface area (Å²) in [6.45, 7) is 0. The molecule has 0 N–H and O–H groups in total. The van der Waals surface area contributed by atoms with Gasteiger partial charge in [-0.15, -0.1) is 5.10 Å². The first-order chi connectivity index (χ1) is 7.20. The third kappa shape index (κ3) is 1.70. The molecule has 0 saturated carbocycles. The summed E-state index contributed by atoms with van der Waals surface area (Å²) in [6, 6.07) is 3.75. The molecular weight excluding hydrogens is 207 g/mol. The fourth-order valence-electron chi connectivity index (χ4n) is 1.22. The van der Waals surface area contributed by atoms with Crippen molar-refractivity contribution in [1.82, 2.24) is 15.0 Å². The van der Waals surface area contributed by atoms with Crippen molar-refractivity contribution in [2.24, 2.45) is 0 Å². The molecule has 78 valence electrons. The summed E-state index contributed by atoms with van der Waals surface area (Å²) >= 11 is 0. The molecule has 6 heteroatoms. The Morgan fingerprint density at radius 1 is 1.27 bits per heavy atom. The van der Waals surface area contributed by atoms with Gasteiger partial charge in [0, 0.05) is 0 Å². The smallest absolute Gasteiger partial charge is 0.218 e. The minimum atomic E-state index is -2.84. The average molecular weight is 213 g/mol. The van der Waals surface area contributed by atoms with Gasteiger partial charge in [-0.1, -0.05) is 17.3 Å². The normalized spacial score (nSPS) is 10.9. The van der Waals surface area contributed by atoms with Crippen LogP contribution in [0.25, 0.3) is 5.69 Å². The van der Waals surface area contributed by atoms with Crippen molar-refractivity contribution in [3.8, 4) is 5.69 Å². The molecule has 0 bridgehead atoms. The highest BCUT2D eigenvalue weighted by Gasteiger charge is 2.17. The zero-order valence-corrected chi connectivity index (χ0v) is 7.44. The Balaban J connectivity index is 2.54. The van der Waals surface area contributed by atoms with Gasteiger partial charge in [-0.05, 0) is 6.07 Å². The van der Waals surface area contributed by atoms with Crippen molar-refractivity contribution in [1.29, 1.82) is 0 Å². The van der Waals surface area contributed by atoms with Gasteiger partial charge in [-0.25, -0.2) is 17.9 Å². The van der Waals surface area contributed by atoms with Gasteiger partial charge < -0.3 is 0 Å². The van der Waals surface area contributed by atoms with Gasteiger partial charge in [0.05, 0.1) is 18.0 Å². The molecule has 0 fully saturated rings. The number of alkyl halides is 2. The van der Waals surface area contributed by atoms with Crippen molar-refractivity contribution in [2.75, 3.05) is 0 Å². The molecule has 1 heterocycles. The Labute approximate surface area is 83.1 Å². The van der Waals surface area contributed by atoms with E-state index in [1.807, 2.05) is 0 Å². The van der Waals surface area contributed by atoms with E-state index in [0.717, 1.165) is 10.7 Å². The lowest BCUT2D eigenvalue weighted by atomic mass is 10.2. The lowest BCUT2D eigenvalue weighted by Crippen LogP contribution is -2.02. The number of benzene rings is 1. The summed E-state index contributed by atoms with van der Waals surface area (Å²) in [6.07, 6.45) is -0.115. The summed E-state index contributed by atoms with van der Waals surface area (Å²) in [7, 11) is 0. The Morgan fingerprint density at radius 2 is 2.07 bits per heavy atom. The SMILES string of the molecule is Fc1c(C(F)F)cccc1-n1ccnn1. The van der Waals surface area contributed by atoms with E-state index in [9.17, 15) is 13.2 Å². The molecular formula is C9H6F3N3. The molecule has 0 aliphatic heterocycles. The molecule has 0 aliphatic carbocycles. The molecule has 0 aliphatic rings. The van der Waals surface area contributed by atoms with Crippen molar-refractivity contribution in [2.45, 2.75) is 6.43 Å². The first-order valence-electron chi connectivity index (χ1n) is 4.13. The van der Waals surface area contributed by atoms with E-state index < -0.39 is 17.8 Å². The number of hydrogen-bond donors (Lipinski definition) is 0. The molecule has 3 nitrogen and oxygen atoms in total. The third-order valence-electron chi connectivity index (χ3n) is 1.91. The second kappa shape index (κ2) is 3.72. The van der Waals surface area contributed by atoms with E-state index in [1.165, 1.54) is 24.5 Å². The number of rotatable bonds is 2. The van der Waals surface area contributed by atoms with Crippen LogP contribution in [-0.2, 0) is 0 Å². The highest BCUT2D eigenvalue weighted by atomic mass is 19.3. The van der Waals surface area contributed by atoms with Crippen molar-refractivity contribution in [3.63, 3.8) is 0 Å². The maximum absolute atomic E-state index is 13.5. The maximum Gasteiger partial charge on any atom is 0.266 e. The molecule has 0 saturated heterocycles. The third-order valence-corrected chi connectivity index (χ3v) is 1.91. The molecule has 1 aromatic carbocycles. The van der Waals surface area contributed by atoms with Gasteiger partial charge in [0.1, 0.15) is 5.69 Å². The van der Waals surface area contributed by atoms with Crippen LogP contribution < -0.4 is 0 Å². The Kier molecular flexibility index (Phi) is 2.40. The van der Waals surface area contributed by atoms with E-state index in [4.69, 9.17) is 0 Å². The van der Waals surface area contributed by atoms with Crippen LogP contribution in [0.1, 0.15) is 12.0 Å². The van der Waals surface area contributed by atoms with Crippen LogP contribution in [0.2, 0.25) is 0 Å². The molecule has 2 rings (SSSR count). The Bertz CT molecular complexity index is 454. The van der Waals surface area contributed by atoms with Crippen molar-refractivity contribution < 1.29 is 13.2 Å². The first kappa shape index (κ1) is 9.70. The molecule has 0 spiro atoms. The Hall–Kier alpha value is -1.85. The number of halogens is 3. The van der Waals surface area contributed by atoms with Crippen LogP contribution in [0, 0.1) is 5.82 Å². The fraction of sp³-hybridized carbons (Fsp3) is 0.111. The lowest BCUT2D eigenvalue weighted by molar-refractivity contribution is 0.146. The van der Waals surface area contributed by atoms with Crippen molar-refractivity contribution >= 4 is 0 Å². The molecule has 15 heavy (non-hydrogen) atoms. The van der Waals surface area contributed by atoms with E-state index in [0.29, 0.717) is 0 Å². The van der Waals surface area contributed by atoms with E-state index >= 15 is 0 Å². The molecule has 0 unspecified atom stereocenters. The minimum Gasteiger partial charge on any atom is -0.218 e. The van der Waals surface area contributed by atoms with Gasteiger partial charge in [0.25, 0.3) is 6.43 Å². The van der Waals surface area contributed by atoms with Crippen LogP contribution in [0.15, 0.2) is 30.6 Å². The highest BCUT2D eigenvalue weighted by molar-refractivity contribution is 5.37. The fourth-order valence-corrected chi connectivity index (χ4v) is 1.22. The molecule has 1 aromatic heterocycles. The second-order valence-corrected chi connectivity index (χ2v) is 2.83. The topological polar surface area (TPSA) is 30.7 Å². The zero-order chi connectivity index (χ0) is 10.8. The largest absolute Gasteiger partial charge is 0.266 e. The highest BCUT2D eigenvalue weighted by Crippen LogP contribution is 2.25. The summed E-state index contributed by atoms with van der Waals surface area (Å²) in [5.41, 5.74) is -0.673. The van der Waals surface area contributed by atoms with Crippen LogP contribution in [0.3, 0.4) is 0 Å². The molecule has 0 radical (unpaired) electrons. The molecule has 0 amide bonds. The van der Waals surface area contributed by atoms with Crippen LogP contribution in [-0.4, -0.2) is 15.0 Å². The van der Waals surface area contributed by atoms with E-state index in [2.05, 4.69) is 10.3 Å². The quantitative estimate of drug-likeness (QED) is 0.766. The predicted molar refractivity (Wildman–Crippen MR) is 46.3 cm³/mol. The lowest BCUT2D eigenvalue weighted by Gasteiger charge is -2.06. The summed E-state index contributed by atoms with van der Waals surface area (Å²) in [5.74, 6) is -0.974. The average Bonchev–Trinajstić information content (AvgIpc) is 2.70. The minimum absolute atomic E-state index is 0.0368. The molecule has 0 atom stereocenters. The molecule has 2 aromatic rings. The number of aromatic nitrogens is 3. The van der Waals surface area contributed by atoms with E-state index in [-0.39, 0.29) is 5.69 Å². The van der Waals surface area contributed by atoms with Crippen LogP contribution in [0.5, 0.6) is 0 Å². The summed E-state index contributed by atoms with van der Waals surface area (Å²) in [4.78, 5) is 0. The number of nitrogens with zero attached hydrogens (tertiary/aromatic N) is 3. The monoisotopic (exact) mass is 213 g/mol. The Morgan fingerprint density at radius 3 is 2.67 bits per heavy atom. The standard InChI is InChI=1S/C9H6F3N3/c10-8-6(9(11)12)2-1-3-7(8)15-5-4-13-14-15/h1-5,9H. The predicted octanol–water partition coefficient (Wildman–Crippen LogP) is 2.34. The van der Waals surface area contributed by atoms with Gasteiger partial charge in [-0.2, -0.15) is 0 Å². The van der Waals surface area contributed by atoms with Crippen LogP contribution >= 0.6 is 0 Å². The van der Waals surface area contributed by atoms with E-state index in [1.54, 1.807) is 0 Å². The summed E-state index contributed by atoms with van der Waals surface area (Å²) < 4.78 is 39.3. The van der Waals surface area contributed by atoms with Gasteiger partial charge in [0.15, 0.2) is 5.82 Å². The van der Waals surface area contributed by atoms with Crippen molar-refractivity contribution in [3.05, 3.63) is 42.0 Å². The second-order valence-electron chi connectivity index (χ2n) is 2.83. The number of hydrogen-bond acceptors (Lipinski definition) is 2. The van der Waals surface area contributed by atoms with Crippen LogP contribution in [0.4, 0.5) is 13.2 Å². The summed E-state index contributed by atoms with van der Waals surface area (Å²) in [5, 5.41) is 7.00. The maximum atomic E-state index is 13.5. The zero-order valence-electron chi connectivity index (χ0n) is 7.44. The van der Waals surface area contributed by atoms with Gasteiger partial charge in [0.2, 0.25) is 0 Å². The first-order valence-corrected chi connectivity index (χ1v) is 4.13.